The topological polar surface area (TPSA) is 64.9 Å². The van der Waals surface area contributed by atoms with Gasteiger partial charge in [0.1, 0.15) is 0 Å². The van der Waals surface area contributed by atoms with E-state index in [4.69, 9.17) is 21.9 Å². The molecule has 1 unspecified atom stereocenters. The first-order valence-corrected chi connectivity index (χ1v) is 6.28. The lowest BCUT2D eigenvalue weighted by molar-refractivity contribution is 0.353. The lowest BCUT2D eigenvalue weighted by Gasteiger charge is -2.11. The van der Waals surface area contributed by atoms with Crippen LogP contribution >= 0.6 is 11.6 Å². The lowest BCUT2D eigenvalue weighted by atomic mass is 10.0. The van der Waals surface area contributed by atoms with Crippen LogP contribution in [0, 0.1) is 5.92 Å². The summed E-state index contributed by atoms with van der Waals surface area (Å²) in [5.41, 5.74) is 6.85. The standard InChI is InChI=1S/C13H16ClN3O/c1-8(2)11(15)7-12-16-13(17-18-12)9-3-5-10(14)6-4-9/h3-6,8,11H,7,15H2,1-2H3. The number of nitrogens with two attached hydrogens (primary N) is 1. The van der Waals surface area contributed by atoms with Crippen LogP contribution in [0.3, 0.4) is 0 Å². The zero-order valence-corrected chi connectivity index (χ0v) is 11.2. The van der Waals surface area contributed by atoms with E-state index in [-0.39, 0.29) is 6.04 Å². The second kappa shape index (κ2) is 5.50. The van der Waals surface area contributed by atoms with E-state index in [2.05, 4.69) is 24.0 Å². The lowest BCUT2D eigenvalue weighted by Crippen LogP contribution is -2.28. The van der Waals surface area contributed by atoms with E-state index >= 15 is 0 Å². The Kier molecular flexibility index (Phi) is 3.99. The Hall–Kier alpha value is -1.39. The van der Waals surface area contributed by atoms with Gasteiger partial charge in [0.25, 0.3) is 0 Å². The van der Waals surface area contributed by atoms with Gasteiger partial charge in [0.15, 0.2) is 0 Å². The maximum atomic E-state index is 5.97. The molecule has 0 saturated carbocycles. The van der Waals surface area contributed by atoms with Gasteiger partial charge in [-0.2, -0.15) is 4.98 Å². The fourth-order valence-corrected chi connectivity index (χ4v) is 1.62. The summed E-state index contributed by atoms with van der Waals surface area (Å²) in [7, 11) is 0. The predicted molar refractivity (Wildman–Crippen MR) is 71.3 cm³/mol. The molecule has 1 aromatic carbocycles. The summed E-state index contributed by atoms with van der Waals surface area (Å²) >= 11 is 5.83. The minimum atomic E-state index is 0.0310. The molecule has 1 heterocycles. The molecule has 0 saturated heterocycles. The van der Waals surface area contributed by atoms with Crippen molar-refractivity contribution in [2.45, 2.75) is 26.3 Å². The minimum Gasteiger partial charge on any atom is -0.339 e. The van der Waals surface area contributed by atoms with E-state index in [0.29, 0.717) is 29.1 Å². The highest BCUT2D eigenvalue weighted by Crippen LogP contribution is 2.19. The second-order valence-corrected chi connectivity index (χ2v) is 5.07. The highest BCUT2D eigenvalue weighted by Gasteiger charge is 2.14. The summed E-state index contributed by atoms with van der Waals surface area (Å²) in [5, 5.41) is 4.63. The van der Waals surface area contributed by atoms with Crippen molar-refractivity contribution in [2.24, 2.45) is 11.7 Å². The fourth-order valence-electron chi connectivity index (χ4n) is 1.49. The van der Waals surface area contributed by atoms with Crippen molar-refractivity contribution in [3.8, 4) is 11.4 Å². The molecule has 0 fully saturated rings. The molecule has 1 aromatic heterocycles. The third kappa shape index (κ3) is 3.09. The maximum absolute atomic E-state index is 5.97. The summed E-state index contributed by atoms with van der Waals surface area (Å²) in [6.45, 7) is 4.14. The van der Waals surface area contributed by atoms with E-state index in [1.54, 1.807) is 12.1 Å². The van der Waals surface area contributed by atoms with Gasteiger partial charge >= 0.3 is 0 Å². The van der Waals surface area contributed by atoms with Gasteiger partial charge in [0.2, 0.25) is 11.7 Å². The van der Waals surface area contributed by atoms with Crippen molar-refractivity contribution in [3.63, 3.8) is 0 Å². The molecule has 1 atom stereocenters. The first-order chi connectivity index (χ1) is 8.56. The summed E-state index contributed by atoms with van der Waals surface area (Å²) < 4.78 is 5.20. The van der Waals surface area contributed by atoms with E-state index in [0.717, 1.165) is 5.56 Å². The van der Waals surface area contributed by atoms with Crippen LogP contribution in [0.1, 0.15) is 19.7 Å². The van der Waals surface area contributed by atoms with Gasteiger partial charge in [0, 0.05) is 23.0 Å². The van der Waals surface area contributed by atoms with Gasteiger partial charge in [0.05, 0.1) is 0 Å². The third-order valence-corrected chi connectivity index (χ3v) is 3.09. The maximum Gasteiger partial charge on any atom is 0.228 e. The van der Waals surface area contributed by atoms with E-state index < -0.39 is 0 Å². The summed E-state index contributed by atoms with van der Waals surface area (Å²) in [6, 6.07) is 7.35. The average Bonchev–Trinajstić information content (AvgIpc) is 2.78. The van der Waals surface area contributed by atoms with Crippen molar-refractivity contribution in [1.82, 2.24) is 10.1 Å². The summed E-state index contributed by atoms with van der Waals surface area (Å²) in [5.74, 6) is 1.52. The van der Waals surface area contributed by atoms with Crippen molar-refractivity contribution in [2.75, 3.05) is 0 Å². The zero-order chi connectivity index (χ0) is 13.1. The highest BCUT2D eigenvalue weighted by atomic mass is 35.5. The number of nitrogens with zero attached hydrogens (tertiary/aromatic N) is 2. The second-order valence-electron chi connectivity index (χ2n) is 4.63. The molecule has 0 aliphatic rings. The van der Waals surface area contributed by atoms with Gasteiger partial charge in [-0.3, -0.25) is 0 Å². The van der Waals surface area contributed by atoms with Crippen LogP contribution in [-0.2, 0) is 6.42 Å². The van der Waals surface area contributed by atoms with Crippen LogP contribution in [0.15, 0.2) is 28.8 Å². The van der Waals surface area contributed by atoms with E-state index in [1.165, 1.54) is 0 Å². The van der Waals surface area contributed by atoms with Gasteiger partial charge in [-0.25, -0.2) is 0 Å². The molecule has 2 N–H and O–H groups in total. The number of hydrogen-bond donors (Lipinski definition) is 1. The molecule has 0 spiro atoms. The van der Waals surface area contributed by atoms with Crippen LogP contribution in [0.4, 0.5) is 0 Å². The number of halogens is 1. The van der Waals surface area contributed by atoms with E-state index in [1.807, 2.05) is 12.1 Å². The Morgan fingerprint density at radius 2 is 1.94 bits per heavy atom. The van der Waals surface area contributed by atoms with Crippen molar-refractivity contribution < 1.29 is 4.52 Å². The number of benzene rings is 1. The molecule has 2 rings (SSSR count). The van der Waals surface area contributed by atoms with Gasteiger partial charge in [-0.15, -0.1) is 0 Å². The SMILES string of the molecule is CC(C)C(N)Cc1nc(-c2ccc(Cl)cc2)no1. The van der Waals surface area contributed by atoms with Crippen molar-refractivity contribution in [1.29, 1.82) is 0 Å². The fraction of sp³-hybridized carbons (Fsp3) is 0.385. The number of hydrogen-bond acceptors (Lipinski definition) is 4. The first-order valence-electron chi connectivity index (χ1n) is 5.90. The minimum absolute atomic E-state index is 0.0310. The van der Waals surface area contributed by atoms with Crippen LogP contribution in [0.2, 0.25) is 5.02 Å². The van der Waals surface area contributed by atoms with Gasteiger partial charge in [-0.1, -0.05) is 30.6 Å². The van der Waals surface area contributed by atoms with Crippen LogP contribution < -0.4 is 5.73 Å². The predicted octanol–water partition coefficient (Wildman–Crippen LogP) is 2.92. The van der Waals surface area contributed by atoms with Gasteiger partial charge < -0.3 is 10.3 Å². The summed E-state index contributed by atoms with van der Waals surface area (Å²) in [4.78, 5) is 4.33. The smallest absolute Gasteiger partial charge is 0.228 e. The third-order valence-electron chi connectivity index (χ3n) is 2.84. The Morgan fingerprint density at radius 1 is 1.28 bits per heavy atom. The Bertz CT molecular complexity index is 507. The number of rotatable bonds is 4. The number of aromatic nitrogens is 2. The molecule has 96 valence electrons. The molecule has 0 aliphatic heterocycles. The van der Waals surface area contributed by atoms with Crippen LogP contribution in [-0.4, -0.2) is 16.2 Å². The summed E-state index contributed by atoms with van der Waals surface area (Å²) in [6.07, 6.45) is 0.595. The van der Waals surface area contributed by atoms with Crippen LogP contribution in [0.25, 0.3) is 11.4 Å². The molecule has 4 nitrogen and oxygen atoms in total. The van der Waals surface area contributed by atoms with Crippen LogP contribution in [0.5, 0.6) is 0 Å². The largest absolute Gasteiger partial charge is 0.339 e. The quantitative estimate of drug-likeness (QED) is 0.923. The average molecular weight is 266 g/mol. The molecule has 0 amide bonds. The molecular weight excluding hydrogens is 250 g/mol. The Balaban J connectivity index is 2.13. The van der Waals surface area contributed by atoms with Crippen molar-refractivity contribution >= 4 is 11.6 Å². The molecule has 2 aromatic rings. The normalized spacial score (nSPS) is 12.9. The zero-order valence-electron chi connectivity index (χ0n) is 10.4. The first kappa shape index (κ1) is 13.1. The molecule has 0 bridgehead atoms. The Labute approximate surface area is 111 Å². The van der Waals surface area contributed by atoms with Gasteiger partial charge in [-0.05, 0) is 30.2 Å². The van der Waals surface area contributed by atoms with E-state index in [9.17, 15) is 0 Å². The highest BCUT2D eigenvalue weighted by molar-refractivity contribution is 6.30. The molecular formula is C13H16ClN3O. The Morgan fingerprint density at radius 3 is 2.56 bits per heavy atom. The molecule has 0 radical (unpaired) electrons. The van der Waals surface area contributed by atoms with Crippen molar-refractivity contribution in [3.05, 3.63) is 35.2 Å². The molecule has 18 heavy (non-hydrogen) atoms. The molecule has 0 aliphatic carbocycles. The monoisotopic (exact) mass is 265 g/mol. The molecule has 5 heteroatoms.